The number of likely N-dealkylation sites (tertiary alicyclic amines) is 1. The summed E-state index contributed by atoms with van der Waals surface area (Å²) in [4.78, 5) is 25.0. The van der Waals surface area contributed by atoms with E-state index in [9.17, 15) is 9.59 Å². The smallest absolute Gasteiger partial charge is 0.335 e. The van der Waals surface area contributed by atoms with E-state index in [1.54, 1.807) is 12.1 Å². The van der Waals surface area contributed by atoms with Gasteiger partial charge in [-0.2, -0.15) is 0 Å². The summed E-state index contributed by atoms with van der Waals surface area (Å²) >= 11 is 0. The summed E-state index contributed by atoms with van der Waals surface area (Å²) in [6.07, 6.45) is 2.95. The predicted molar refractivity (Wildman–Crippen MR) is 81.5 cm³/mol. The molecule has 0 aliphatic carbocycles. The quantitative estimate of drug-likeness (QED) is 0.874. The van der Waals surface area contributed by atoms with Crippen LogP contribution in [-0.4, -0.2) is 41.5 Å². The first-order valence-corrected chi connectivity index (χ1v) is 7.40. The number of benzene rings is 1. The van der Waals surface area contributed by atoms with Crippen LogP contribution in [0.1, 0.15) is 36.5 Å². The van der Waals surface area contributed by atoms with Crippen molar-refractivity contribution in [2.75, 3.05) is 25.0 Å². The van der Waals surface area contributed by atoms with Crippen LogP contribution in [0.3, 0.4) is 0 Å². The maximum absolute atomic E-state index is 11.9. The highest BCUT2D eigenvalue weighted by atomic mass is 16.4. The van der Waals surface area contributed by atoms with E-state index in [0.29, 0.717) is 18.0 Å². The molecule has 1 amide bonds. The molecule has 1 aromatic carbocycles. The molecule has 1 saturated heterocycles. The summed E-state index contributed by atoms with van der Waals surface area (Å²) in [5.41, 5.74) is 0.854. The number of carboxylic acid groups (broad SMARTS) is 1. The van der Waals surface area contributed by atoms with Gasteiger partial charge in [0, 0.05) is 25.2 Å². The monoisotopic (exact) mass is 290 g/mol. The van der Waals surface area contributed by atoms with Crippen LogP contribution in [0.4, 0.5) is 5.69 Å². The zero-order chi connectivity index (χ0) is 15.2. The predicted octanol–water partition coefficient (Wildman–Crippen LogP) is 2.45. The first-order chi connectivity index (χ1) is 10.0. The van der Waals surface area contributed by atoms with E-state index in [2.05, 4.69) is 17.1 Å². The largest absolute Gasteiger partial charge is 0.478 e. The maximum Gasteiger partial charge on any atom is 0.335 e. The Morgan fingerprint density at radius 2 is 2.05 bits per heavy atom. The van der Waals surface area contributed by atoms with Crippen LogP contribution in [0.25, 0.3) is 0 Å². The fourth-order valence-corrected chi connectivity index (χ4v) is 2.67. The Kier molecular flexibility index (Phi) is 5.33. The van der Waals surface area contributed by atoms with Crippen molar-refractivity contribution in [3.8, 4) is 0 Å². The molecule has 1 unspecified atom stereocenters. The van der Waals surface area contributed by atoms with Gasteiger partial charge in [0.15, 0.2) is 0 Å². The molecular formula is C16H22N2O3. The number of carboxylic acids is 1. The van der Waals surface area contributed by atoms with E-state index in [-0.39, 0.29) is 11.5 Å². The molecule has 1 heterocycles. The number of anilines is 1. The molecular weight excluding hydrogens is 268 g/mol. The molecule has 5 heteroatoms. The summed E-state index contributed by atoms with van der Waals surface area (Å²) in [5, 5.41) is 11.6. The lowest BCUT2D eigenvalue weighted by Crippen LogP contribution is -2.36. The van der Waals surface area contributed by atoms with Gasteiger partial charge < -0.3 is 15.3 Å². The van der Waals surface area contributed by atoms with Crippen LogP contribution in [0, 0.1) is 5.92 Å². The first kappa shape index (κ1) is 15.5. The number of hydrogen-bond donors (Lipinski definition) is 2. The summed E-state index contributed by atoms with van der Waals surface area (Å²) in [6.45, 7) is 5.17. The number of piperidine rings is 1. The fourth-order valence-electron chi connectivity index (χ4n) is 2.67. The van der Waals surface area contributed by atoms with Gasteiger partial charge in [0.1, 0.15) is 0 Å². The lowest BCUT2D eigenvalue weighted by atomic mass is 10.0. The Morgan fingerprint density at radius 3 is 2.67 bits per heavy atom. The van der Waals surface area contributed by atoms with Crippen LogP contribution in [0.5, 0.6) is 0 Å². The lowest BCUT2D eigenvalue weighted by Gasteiger charge is -2.30. The van der Waals surface area contributed by atoms with Crippen molar-refractivity contribution in [2.45, 2.75) is 26.2 Å². The molecule has 5 nitrogen and oxygen atoms in total. The van der Waals surface area contributed by atoms with Gasteiger partial charge in [-0.15, -0.1) is 0 Å². The zero-order valence-corrected chi connectivity index (χ0v) is 12.3. The van der Waals surface area contributed by atoms with Crippen LogP contribution in [0.2, 0.25) is 0 Å². The second-order valence-electron chi connectivity index (χ2n) is 5.73. The topological polar surface area (TPSA) is 69.6 Å². The van der Waals surface area contributed by atoms with E-state index in [4.69, 9.17) is 5.11 Å². The number of rotatable bonds is 5. The first-order valence-electron chi connectivity index (χ1n) is 7.40. The van der Waals surface area contributed by atoms with Crippen LogP contribution in [-0.2, 0) is 4.79 Å². The highest BCUT2D eigenvalue weighted by Crippen LogP contribution is 2.15. The van der Waals surface area contributed by atoms with Crippen molar-refractivity contribution >= 4 is 17.6 Å². The van der Waals surface area contributed by atoms with Gasteiger partial charge in [-0.25, -0.2) is 4.79 Å². The maximum atomic E-state index is 11.9. The summed E-state index contributed by atoms with van der Waals surface area (Å²) in [6, 6.07) is 6.21. The third-order valence-electron chi connectivity index (χ3n) is 3.81. The number of carbonyl (C=O) groups is 2. The third kappa shape index (κ3) is 4.86. The third-order valence-corrected chi connectivity index (χ3v) is 3.81. The highest BCUT2D eigenvalue weighted by molar-refractivity contribution is 5.92. The molecule has 0 aromatic heterocycles. The molecule has 1 aromatic rings. The highest BCUT2D eigenvalue weighted by Gasteiger charge is 2.16. The van der Waals surface area contributed by atoms with Gasteiger partial charge >= 0.3 is 5.97 Å². The second-order valence-corrected chi connectivity index (χ2v) is 5.73. The number of carbonyl (C=O) groups excluding carboxylic acids is 1. The summed E-state index contributed by atoms with van der Waals surface area (Å²) in [7, 11) is 0. The van der Waals surface area contributed by atoms with E-state index < -0.39 is 5.97 Å². The summed E-state index contributed by atoms with van der Waals surface area (Å²) in [5.74, 6) is -0.284. The van der Waals surface area contributed by atoms with Crippen molar-refractivity contribution in [2.24, 2.45) is 5.92 Å². The van der Waals surface area contributed by atoms with Gasteiger partial charge in [0.2, 0.25) is 5.91 Å². The van der Waals surface area contributed by atoms with Crippen LogP contribution >= 0.6 is 0 Å². The van der Waals surface area contributed by atoms with Gasteiger partial charge in [-0.1, -0.05) is 6.92 Å². The minimum atomic E-state index is -0.966. The van der Waals surface area contributed by atoms with Gasteiger partial charge in [0.25, 0.3) is 0 Å². The minimum Gasteiger partial charge on any atom is -0.478 e. The molecule has 2 rings (SSSR count). The molecule has 0 radical (unpaired) electrons. The van der Waals surface area contributed by atoms with Crippen molar-refractivity contribution in [1.29, 1.82) is 0 Å². The molecule has 21 heavy (non-hydrogen) atoms. The van der Waals surface area contributed by atoms with Crippen molar-refractivity contribution in [3.05, 3.63) is 29.8 Å². The molecule has 2 N–H and O–H groups in total. The molecule has 1 aliphatic rings. The number of hydrogen-bond acceptors (Lipinski definition) is 3. The Hall–Kier alpha value is -1.88. The Labute approximate surface area is 125 Å². The van der Waals surface area contributed by atoms with E-state index in [0.717, 1.165) is 19.6 Å². The fraction of sp³-hybridized carbons (Fsp3) is 0.500. The molecule has 0 bridgehead atoms. The van der Waals surface area contributed by atoms with Crippen LogP contribution < -0.4 is 5.32 Å². The van der Waals surface area contributed by atoms with Gasteiger partial charge in [-0.3, -0.25) is 4.79 Å². The molecule has 1 aliphatic heterocycles. The Bertz CT molecular complexity index is 499. The van der Waals surface area contributed by atoms with E-state index in [1.807, 2.05) is 0 Å². The SMILES string of the molecule is CC1CCCN(CCC(=O)Nc2ccc(C(=O)O)cc2)C1. The van der Waals surface area contributed by atoms with Gasteiger partial charge in [0.05, 0.1) is 5.56 Å². The molecule has 114 valence electrons. The van der Waals surface area contributed by atoms with Crippen molar-refractivity contribution in [3.63, 3.8) is 0 Å². The standard InChI is InChI=1S/C16H22N2O3/c1-12-3-2-9-18(11-12)10-8-15(19)17-14-6-4-13(5-7-14)16(20)21/h4-7,12H,2-3,8-11H2,1H3,(H,17,19)(H,20,21). The number of amides is 1. The zero-order valence-electron chi connectivity index (χ0n) is 12.3. The molecule has 0 spiro atoms. The normalized spacial score (nSPS) is 19.2. The Morgan fingerprint density at radius 1 is 1.33 bits per heavy atom. The average molecular weight is 290 g/mol. The Balaban J connectivity index is 1.77. The molecule has 0 saturated carbocycles. The van der Waals surface area contributed by atoms with Crippen molar-refractivity contribution in [1.82, 2.24) is 4.90 Å². The minimum absolute atomic E-state index is 0.0312. The average Bonchev–Trinajstić information content (AvgIpc) is 2.46. The van der Waals surface area contributed by atoms with Crippen LogP contribution in [0.15, 0.2) is 24.3 Å². The summed E-state index contributed by atoms with van der Waals surface area (Å²) < 4.78 is 0. The molecule has 1 fully saturated rings. The number of nitrogens with zero attached hydrogens (tertiary/aromatic N) is 1. The number of nitrogens with one attached hydrogen (secondary N) is 1. The lowest BCUT2D eigenvalue weighted by molar-refractivity contribution is -0.116. The van der Waals surface area contributed by atoms with Gasteiger partial charge in [-0.05, 0) is 49.6 Å². The second kappa shape index (κ2) is 7.22. The van der Waals surface area contributed by atoms with E-state index in [1.165, 1.54) is 25.0 Å². The van der Waals surface area contributed by atoms with Crippen molar-refractivity contribution < 1.29 is 14.7 Å². The van der Waals surface area contributed by atoms with E-state index >= 15 is 0 Å². The molecule has 1 atom stereocenters. The number of aromatic carboxylic acids is 1.